The molecule has 1 aromatic heterocycles. The summed E-state index contributed by atoms with van der Waals surface area (Å²) < 4.78 is 7.84. The predicted molar refractivity (Wildman–Crippen MR) is 108 cm³/mol. The van der Waals surface area contributed by atoms with E-state index >= 15 is 0 Å². The van der Waals surface area contributed by atoms with Crippen LogP contribution in [-0.2, 0) is 16.1 Å². The van der Waals surface area contributed by atoms with Crippen molar-refractivity contribution in [3.05, 3.63) is 29.8 Å². The molecular weight excluding hydrogens is 360 g/mol. The summed E-state index contributed by atoms with van der Waals surface area (Å²) in [7, 11) is 0. The van der Waals surface area contributed by atoms with Crippen LogP contribution in [0, 0.1) is 6.92 Å². The van der Waals surface area contributed by atoms with Crippen molar-refractivity contribution in [2.24, 2.45) is 0 Å². The van der Waals surface area contributed by atoms with Crippen LogP contribution in [0.4, 0.5) is 0 Å². The van der Waals surface area contributed by atoms with Crippen molar-refractivity contribution in [3.63, 3.8) is 0 Å². The third-order valence-corrected chi connectivity index (χ3v) is 5.49. The summed E-state index contributed by atoms with van der Waals surface area (Å²) in [6.45, 7) is 10.4. The molecule has 0 aliphatic carbocycles. The Morgan fingerprint density at radius 1 is 1.26 bits per heavy atom. The molecule has 1 fully saturated rings. The van der Waals surface area contributed by atoms with E-state index in [9.17, 15) is 4.79 Å². The molecule has 7 heteroatoms. The van der Waals surface area contributed by atoms with Gasteiger partial charge >= 0.3 is 0 Å². The number of thioether (sulfide) groups is 1. The second kappa shape index (κ2) is 8.89. The lowest BCUT2D eigenvalue weighted by molar-refractivity contribution is -0.140. The molecule has 1 aromatic carbocycles. The second-order valence-electron chi connectivity index (χ2n) is 7.17. The highest BCUT2D eigenvalue weighted by molar-refractivity contribution is 7.99. The third kappa shape index (κ3) is 4.90. The van der Waals surface area contributed by atoms with Crippen LogP contribution in [0.3, 0.4) is 0 Å². The van der Waals surface area contributed by atoms with E-state index in [-0.39, 0.29) is 18.1 Å². The zero-order valence-electron chi connectivity index (χ0n) is 16.5. The molecule has 146 valence electrons. The number of nitrogens with zero attached hydrogens (tertiary/aromatic N) is 4. The van der Waals surface area contributed by atoms with Gasteiger partial charge in [-0.3, -0.25) is 4.79 Å². The largest absolute Gasteiger partial charge is 0.372 e. The fourth-order valence-electron chi connectivity index (χ4n) is 3.42. The summed E-state index contributed by atoms with van der Waals surface area (Å²) in [6.07, 6.45) is 1.15. The molecule has 2 heterocycles. The monoisotopic (exact) mass is 388 g/mol. The number of morpholine rings is 1. The molecule has 0 unspecified atom stereocenters. The first-order valence-corrected chi connectivity index (χ1v) is 10.5. The highest BCUT2D eigenvalue weighted by atomic mass is 32.2. The van der Waals surface area contributed by atoms with E-state index in [4.69, 9.17) is 4.74 Å². The Morgan fingerprint density at radius 3 is 2.67 bits per heavy atom. The number of hydrogen-bond donors (Lipinski definition) is 0. The summed E-state index contributed by atoms with van der Waals surface area (Å²) in [5.74, 6) is 1.36. The van der Waals surface area contributed by atoms with Crippen molar-refractivity contribution in [1.29, 1.82) is 0 Å². The molecule has 1 aliphatic heterocycles. The molecule has 0 radical (unpaired) electrons. The van der Waals surface area contributed by atoms with Crippen LogP contribution in [-0.4, -0.2) is 56.6 Å². The maximum absolute atomic E-state index is 12.6. The lowest BCUT2D eigenvalue weighted by Gasteiger charge is -2.35. The molecule has 2 atom stereocenters. The Bertz CT molecular complexity index is 782. The molecule has 0 bridgehead atoms. The lowest BCUT2D eigenvalue weighted by atomic mass is 10.1. The maximum atomic E-state index is 12.6. The lowest BCUT2D eigenvalue weighted by Crippen LogP contribution is -2.48. The second-order valence-corrected chi connectivity index (χ2v) is 8.11. The minimum absolute atomic E-state index is 0.0827. The Kier molecular flexibility index (Phi) is 6.55. The Balaban J connectivity index is 1.72. The highest BCUT2D eigenvalue weighted by Crippen LogP contribution is 2.25. The molecule has 0 N–H and O–H groups in total. The van der Waals surface area contributed by atoms with E-state index in [1.54, 1.807) is 0 Å². The summed E-state index contributed by atoms with van der Waals surface area (Å²) in [5.41, 5.74) is 2.25. The van der Waals surface area contributed by atoms with Crippen LogP contribution in [0.2, 0.25) is 0 Å². The minimum atomic E-state index is 0.0827. The molecule has 0 spiro atoms. The van der Waals surface area contributed by atoms with Crippen LogP contribution < -0.4 is 0 Å². The van der Waals surface area contributed by atoms with Crippen molar-refractivity contribution in [3.8, 4) is 11.4 Å². The van der Waals surface area contributed by atoms with Gasteiger partial charge in [0.15, 0.2) is 11.0 Å². The van der Waals surface area contributed by atoms with Crippen LogP contribution >= 0.6 is 11.8 Å². The zero-order chi connectivity index (χ0) is 19.4. The van der Waals surface area contributed by atoms with Crippen LogP contribution in [0.1, 0.15) is 32.8 Å². The quantitative estimate of drug-likeness (QED) is 0.710. The average molecular weight is 389 g/mol. The molecule has 0 saturated carbocycles. The van der Waals surface area contributed by atoms with Gasteiger partial charge in [0.2, 0.25) is 5.91 Å². The van der Waals surface area contributed by atoms with Gasteiger partial charge in [0, 0.05) is 25.2 Å². The molecule has 1 saturated heterocycles. The van der Waals surface area contributed by atoms with Crippen molar-refractivity contribution in [1.82, 2.24) is 19.7 Å². The topological polar surface area (TPSA) is 60.2 Å². The predicted octanol–water partition coefficient (Wildman–Crippen LogP) is 3.39. The van der Waals surface area contributed by atoms with E-state index in [0.717, 1.165) is 29.5 Å². The van der Waals surface area contributed by atoms with Crippen molar-refractivity contribution >= 4 is 17.7 Å². The van der Waals surface area contributed by atoms with Gasteiger partial charge in [-0.25, -0.2) is 0 Å². The number of amides is 1. The number of hydrogen-bond acceptors (Lipinski definition) is 5. The molecule has 1 aliphatic rings. The van der Waals surface area contributed by atoms with E-state index in [0.29, 0.717) is 18.8 Å². The van der Waals surface area contributed by atoms with Gasteiger partial charge in [-0.05, 0) is 33.3 Å². The maximum Gasteiger partial charge on any atom is 0.233 e. The SMILES string of the molecule is CCCn1c(SCC(=O)N2C[C@@H](C)O[C@H](C)C2)nnc1-c1cccc(C)c1. The first-order chi connectivity index (χ1) is 13.0. The summed E-state index contributed by atoms with van der Waals surface area (Å²) in [6, 6.07) is 8.28. The van der Waals surface area contributed by atoms with Gasteiger partial charge in [0.05, 0.1) is 18.0 Å². The minimum Gasteiger partial charge on any atom is -0.372 e. The number of carbonyl (C=O) groups excluding carboxylic acids is 1. The molecule has 1 amide bonds. The van der Waals surface area contributed by atoms with Crippen molar-refractivity contribution in [2.45, 2.75) is 58.0 Å². The summed E-state index contributed by atoms with van der Waals surface area (Å²) in [5, 5.41) is 9.58. The molecular formula is C20H28N4O2S. The molecule has 6 nitrogen and oxygen atoms in total. The van der Waals surface area contributed by atoms with E-state index in [1.807, 2.05) is 24.8 Å². The zero-order valence-corrected chi connectivity index (χ0v) is 17.3. The first kappa shape index (κ1) is 19.9. The van der Waals surface area contributed by atoms with E-state index < -0.39 is 0 Å². The van der Waals surface area contributed by atoms with E-state index in [1.165, 1.54) is 17.3 Å². The number of benzene rings is 1. The Hall–Kier alpha value is -1.86. The van der Waals surface area contributed by atoms with Gasteiger partial charge in [0.1, 0.15) is 0 Å². The Morgan fingerprint density at radius 2 is 2.00 bits per heavy atom. The molecule has 27 heavy (non-hydrogen) atoms. The number of carbonyl (C=O) groups is 1. The number of aryl methyl sites for hydroxylation is 1. The number of ether oxygens (including phenoxy) is 1. The summed E-state index contributed by atoms with van der Waals surface area (Å²) >= 11 is 1.47. The van der Waals surface area contributed by atoms with Crippen molar-refractivity contribution < 1.29 is 9.53 Å². The average Bonchev–Trinajstić information content (AvgIpc) is 3.02. The third-order valence-electron chi connectivity index (χ3n) is 4.54. The van der Waals surface area contributed by atoms with Gasteiger partial charge in [0.25, 0.3) is 0 Å². The van der Waals surface area contributed by atoms with Crippen LogP contribution in [0.5, 0.6) is 0 Å². The fourth-order valence-corrected chi connectivity index (χ4v) is 4.28. The molecule has 3 rings (SSSR count). The number of rotatable bonds is 6. The van der Waals surface area contributed by atoms with Gasteiger partial charge < -0.3 is 14.2 Å². The normalized spacial score (nSPS) is 20.1. The number of aromatic nitrogens is 3. The standard InChI is InChI=1S/C20H28N4O2S/c1-5-9-24-19(17-8-6-7-14(2)10-17)21-22-20(24)27-13-18(25)23-11-15(3)26-16(4)12-23/h6-8,10,15-16H,5,9,11-13H2,1-4H3/t15-,16-/m1/s1. The smallest absolute Gasteiger partial charge is 0.233 e. The van der Waals surface area contributed by atoms with Crippen molar-refractivity contribution in [2.75, 3.05) is 18.8 Å². The highest BCUT2D eigenvalue weighted by Gasteiger charge is 2.26. The van der Waals surface area contributed by atoms with Gasteiger partial charge in [-0.1, -0.05) is 42.4 Å². The Labute approximate surface area is 165 Å². The molecule has 2 aromatic rings. The van der Waals surface area contributed by atoms with Crippen LogP contribution in [0.15, 0.2) is 29.4 Å². The first-order valence-electron chi connectivity index (χ1n) is 9.54. The van der Waals surface area contributed by atoms with Gasteiger partial charge in [-0.2, -0.15) is 0 Å². The van der Waals surface area contributed by atoms with Gasteiger partial charge in [-0.15, -0.1) is 10.2 Å². The summed E-state index contributed by atoms with van der Waals surface area (Å²) in [4.78, 5) is 14.5. The van der Waals surface area contributed by atoms with E-state index in [2.05, 4.69) is 46.8 Å². The fraction of sp³-hybridized carbons (Fsp3) is 0.550. The van der Waals surface area contributed by atoms with Crippen LogP contribution in [0.25, 0.3) is 11.4 Å².